The molecule has 4 rings (SSSR count). The molecule has 3 aromatic heterocycles. The molecule has 0 spiro atoms. The molecule has 1 saturated heterocycles. The van der Waals surface area contributed by atoms with E-state index in [4.69, 9.17) is 9.51 Å². The van der Waals surface area contributed by atoms with Crippen molar-refractivity contribution in [1.29, 1.82) is 0 Å². The Morgan fingerprint density at radius 1 is 1.11 bits per heavy atom. The fourth-order valence-corrected chi connectivity index (χ4v) is 3.82. The number of hydrogen-bond donors (Lipinski definition) is 0. The topological polar surface area (TPSA) is 72.1 Å². The van der Waals surface area contributed by atoms with E-state index in [2.05, 4.69) is 16.2 Å². The number of rotatable bonds is 3. The number of carbonyl (C=O) groups excluding carboxylic acids is 1. The maximum atomic E-state index is 12.7. The minimum Gasteiger partial charge on any atom is -0.361 e. The second-order valence-corrected chi connectivity index (χ2v) is 7.40. The Bertz CT molecular complexity index is 967. The van der Waals surface area contributed by atoms with Crippen molar-refractivity contribution in [2.75, 3.05) is 13.1 Å². The van der Waals surface area contributed by atoms with Crippen LogP contribution in [-0.2, 0) is 0 Å². The molecule has 6 heteroatoms. The normalized spacial score (nSPS) is 15.0. The van der Waals surface area contributed by atoms with Crippen LogP contribution in [0.3, 0.4) is 0 Å². The number of likely N-dealkylation sites (tertiary alicyclic amines) is 1. The van der Waals surface area contributed by atoms with Gasteiger partial charge in [-0.1, -0.05) is 11.2 Å². The first kappa shape index (κ1) is 18.3. The largest absolute Gasteiger partial charge is 0.361 e. The smallest absolute Gasteiger partial charge is 0.255 e. The molecule has 0 radical (unpaired) electrons. The van der Waals surface area contributed by atoms with E-state index in [9.17, 15) is 4.79 Å². The van der Waals surface area contributed by atoms with E-state index in [0.717, 1.165) is 60.0 Å². The lowest BCUT2D eigenvalue weighted by Crippen LogP contribution is -2.38. The van der Waals surface area contributed by atoms with Gasteiger partial charge in [-0.25, -0.2) is 0 Å². The van der Waals surface area contributed by atoms with Crippen molar-refractivity contribution < 1.29 is 9.32 Å². The van der Waals surface area contributed by atoms with Crippen LogP contribution < -0.4 is 0 Å². The summed E-state index contributed by atoms with van der Waals surface area (Å²) in [5, 5.41) is 4.03. The molecule has 3 aromatic rings. The molecular formula is C22H24N4O2. The third-order valence-corrected chi connectivity index (χ3v) is 5.42. The van der Waals surface area contributed by atoms with E-state index < -0.39 is 0 Å². The highest BCUT2D eigenvalue weighted by atomic mass is 16.5. The molecule has 1 aliphatic heterocycles. The third kappa shape index (κ3) is 3.54. The summed E-state index contributed by atoms with van der Waals surface area (Å²) in [5.41, 5.74) is 5.37. The lowest BCUT2D eigenvalue weighted by atomic mass is 9.92. The SMILES string of the molecule is Cc1ccc(C(=O)N2CCC(c3cccc(-c4c(C)noc4C)n3)CC2)cn1. The van der Waals surface area contributed by atoms with Gasteiger partial charge in [0.05, 0.1) is 22.5 Å². The molecule has 6 nitrogen and oxygen atoms in total. The second-order valence-electron chi connectivity index (χ2n) is 7.40. The Kier molecular flexibility index (Phi) is 4.94. The van der Waals surface area contributed by atoms with Gasteiger partial charge in [-0.2, -0.15) is 0 Å². The van der Waals surface area contributed by atoms with Gasteiger partial charge in [-0.3, -0.25) is 14.8 Å². The molecule has 0 aromatic carbocycles. The van der Waals surface area contributed by atoms with E-state index in [1.165, 1.54) is 0 Å². The molecule has 0 bridgehead atoms. The zero-order valence-corrected chi connectivity index (χ0v) is 16.5. The zero-order valence-electron chi connectivity index (χ0n) is 16.5. The Hall–Kier alpha value is -3.02. The zero-order chi connectivity index (χ0) is 19.7. The molecule has 0 N–H and O–H groups in total. The maximum Gasteiger partial charge on any atom is 0.255 e. The summed E-state index contributed by atoms with van der Waals surface area (Å²) in [5.74, 6) is 1.19. The first-order chi connectivity index (χ1) is 13.5. The summed E-state index contributed by atoms with van der Waals surface area (Å²) in [4.78, 5) is 23.7. The molecule has 1 amide bonds. The molecule has 0 aliphatic carbocycles. The number of nitrogens with zero attached hydrogens (tertiary/aromatic N) is 4. The lowest BCUT2D eigenvalue weighted by Gasteiger charge is -2.32. The molecule has 4 heterocycles. The fraction of sp³-hybridized carbons (Fsp3) is 0.364. The lowest BCUT2D eigenvalue weighted by molar-refractivity contribution is 0.0711. The Labute approximate surface area is 164 Å². The van der Waals surface area contributed by atoms with Gasteiger partial charge in [-0.15, -0.1) is 0 Å². The number of pyridine rings is 2. The van der Waals surface area contributed by atoms with Crippen LogP contribution in [-0.4, -0.2) is 39.0 Å². The van der Waals surface area contributed by atoms with E-state index in [0.29, 0.717) is 11.5 Å². The minimum absolute atomic E-state index is 0.0587. The van der Waals surface area contributed by atoms with Crippen molar-refractivity contribution in [3.63, 3.8) is 0 Å². The molecule has 0 saturated carbocycles. The first-order valence-electron chi connectivity index (χ1n) is 9.65. The van der Waals surface area contributed by atoms with Crippen molar-refractivity contribution in [1.82, 2.24) is 20.0 Å². The van der Waals surface area contributed by atoms with Gasteiger partial charge >= 0.3 is 0 Å². The predicted octanol–water partition coefficient (Wildman–Crippen LogP) is 4.08. The standard InChI is InChI=1S/C22H24N4O2/c1-14-7-8-18(13-23-14)22(27)26-11-9-17(10-12-26)19-5-4-6-20(24-19)21-15(2)25-28-16(21)3/h4-8,13,17H,9-12H2,1-3H3. The van der Waals surface area contributed by atoms with Gasteiger partial charge in [0, 0.05) is 36.6 Å². The highest BCUT2D eigenvalue weighted by Crippen LogP contribution is 2.31. The van der Waals surface area contributed by atoms with Crippen LogP contribution >= 0.6 is 0 Å². The molecule has 1 fully saturated rings. The molecule has 0 atom stereocenters. The van der Waals surface area contributed by atoms with Crippen molar-refractivity contribution >= 4 is 5.91 Å². The van der Waals surface area contributed by atoms with Gasteiger partial charge in [-0.05, 0) is 57.9 Å². The number of hydrogen-bond acceptors (Lipinski definition) is 5. The van der Waals surface area contributed by atoms with Crippen LogP contribution in [0.25, 0.3) is 11.3 Å². The summed E-state index contributed by atoms with van der Waals surface area (Å²) in [7, 11) is 0. The van der Waals surface area contributed by atoms with Crippen LogP contribution in [0, 0.1) is 20.8 Å². The number of carbonyl (C=O) groups is 1. The maximum absolute atomic E-state index is 12.7. The minimum atomic E-state index is 0.0587. The van der Waals surface area contributed by atoms with E-state index in [1.807, 2.05) is 49.9 Å². The van der Waals surface area contributed by atoms with Crippen molar-refractivity contribution in [2.24, 2.45) is 0 Å². The highest BCUT2D eigenvalue weighted by molar-refractivity contribution is 5.94. The Balaban J connectivity index is 1.46. The number of piperidine rings is 1. The van der Waals surface area contributed by atoms with Crippen LogP contribution in [0.15, 0.2) is 41.1 Å². The number of amides is 1. The Morgan fingerprint density at radius 2 is 1.89 bits per heavy atom. The van der Waals surface area contributed by atoms with Crippen molar-refractivity contribution in [3.05, 3.63) is 64.9 Å². The fourth-order valence-electron chi connectivity index (χ4n) is 3.82. The quantitative estimate of drug-likeness (QED) is 0.689. The van der Waals surface area contributed by atoms with Gasteiger partial charge in [0.1, 0.15) is 5.76 Å². The van der Waals surface area contributed by atoms with Gasteiger partial charge in [0.15, 0.2) is 0 Å². The molecule has 0 unspecified atom stereocenters. The van der Waals surface area contributed by atoms with Gasteiger partial charge in [0.25, 0.3) is 5.91 Å². The Morgan fingerprint density at radius 3 is 2.54 bits per heavy atom. The molecule has 144 valence electrons. The van der Waals surface area contributed by atoms with Crippen LogP contribution in [0.2, 0.25) is 0 Å². The van der Waals surface area contributed by atoms with Gasteiger partial charge < -0.3 is 9.42 Å². The third-order valence-electron chi connectivity index (χ3n) is 5.42. The van der Waals surface area contributed by atoms with E-state index >= 15 is 0 Å². The molecule has 1 aliphatic rings. The summed E-state index contributed by atoms with van der Waals surface area (Å²) >= 11 is 0. The second kappa shape index (κ2) is 7.54. The molecular weight excluding hydrogens is 352 g/mol. The van der Waals surface area contributed by atoms with Gasteiger partial charge in [0.2, 0.25) is 0 Å². The summed E-state index contributed by atoms with van der Waals surface area (Å²) in [6, 6.07) is 9.85. The summed E-state index contributed by atoms with van der Waals surface area (Å²) < 4.78 is 5.29. The van der Waals surface area contributed by atoms with Crippen molar-refractivity contribution in [3.8, 4) is 11.3 Å². The number of aromatic nitrogens is 3. The van der Waals surface area contributed by atoms with E-state index in [1.54, 1.807) is 6.20 Å². The average molecular weight is 376 g/mol. The van der Waals surface area contributed by atoms with Crippen LogP contribution in [0.5, 0.6) is 0 Å². The highest BCUT2D eigenvalue weighted by Gasteiger charge is 2.26. The summed E-state index contributed by atoms with van der Waals surface area (Å²) in [6.07, 6.45) is 3.48. The van der Waals surface area contributed by atoms with Crippen LogP contribution in [0.4, 0.5) is 0 Å². The first-order valence-corrected chi connectivity index (χ1v) is 9.65. The monoisotopic (exact) mass is 376 g/mol. The number of aryl methyl sites for hydroxylation is 3. The average Bonchev–Trinajstić information content (AvgIpc) is 3.06. The van der Waals surface area contributed by atoms with Crippen molar-refractivity contribution in [2.45, 2.75) is 39.5 Å². The predicted molar refractivity (Wildman–Crippen MR) is 106 cm³/mol. The molecule has 28 heavy (non-hydrogen) atoms. The van der Waals surface area contributed by atoms with Crippen LogP contribution in [0.1, 0.15) is 52.0 Å². The van der Waals surface area contributed by atoms with E-state index in [-0.39, 0.29) is 5.91 Å². The summed E-state index contributed by atoms with van der Waals surface area (Å²) in [6.45, 7) is 7.23.